The lowest BCUT2D eigenvalue weighted by atomic mass is 9.99. The van der Waals surface area contributed by atoms with Gasteiger partial charge in [-0.3, -0.25) is 4.79 Å². The maximum atomic E-state index is 12.7. The molecule has 0 spiro atoms. The number of methoxy groups -OCH3 is 1. The maximum Gasteiger partial charge on any atom is 0.243 e. The van der Waals surface area contributed by atoms with Crippen molar-refractivity contribution in [2.24, 2.45) is 5.92 Å². The van der Waals surface area contributed by atoms with Gasteiger partial charge in [0.1, 0.15) is 5.75 Å². The number of ether oxygens (including phenoxy) is 1. The molecule has 2 aliphatic rings. The molecule has 1 amide bonds. The minimum absolute atomic E-state index is 0.110. The van der Waals surface area contributed by atoms with E-state index in [4.69, 9.17) is 4.74 Å². The molecular weight excluding hydrogens is 342 g/mol. The summed E-state index contributed by atoms with van der Waals surface area (Å²) in [4.78, 5) is 12.7. The zero-order valence-electron chi connectivity index (χ0n) is 14.5. The van der Waals surface area contributed by atoms with Crippen molar-refractivity contribution in [2.75, 3.05) is 38.6 Å². The Hall–Kier alpha value is -1.64. The zero-order chi connectivity index (χ0) is 17.9. The van der Waals surface area contributed by atoms with Gasteiger partial charge < -0.3 is 15.4 Å². The second-order valence-corrected chi connectivity index (χ2v) is 8.44. The third kappa shape index (κ3) is 3.96. The molecule has 2 aliphatic heterocycles. The average Bonchev–Trinajstić information content (AvgIpc) is 3.18. The highest BCUT2D eigenvalue weighted by Gasteiger charge is 2.28. The average molecular weight is 367 g/mol. The van der Waals surface area contributed by atoms with Gasteiger partial charge in [-0.25, -0.2) is 8.42 Å². The predicted molar refractivity (Wildman–Crippen MR) is 95.2 cm³/mol. The van der Waals surface area contributed by atoms with E-state index in [1.165, 1.54) is 23.5 Å². The summed E-state index contributed by atoms with van der Waals surface area (Å²) in [5, 5.41) is 6.06. The van der Waals surface area contributed by atoms with Gasteiger partial charge in [0, 0.05) is 19.6 Å². The van der Waals surface area contributed by atoms with Crippen LogP contribution in [0.1, 0.15) is 25.7 Å². The Morgan fingerprint density at radius 2 is 2.04 bits per heavy atom. The molecule has 0 saturated carbocycles. The fourth-order valence-electron chi connectivity index (χ4n) is 3.33. The third-order valence-electron chi connectivity index (χ3n) is 4.80. The van der Waals surface area contributed by atoms with Crippen LogP contribution in [0.25, 0.3) is 0 Å². The lowest BCUT2D eigenvalue weighted by molar-refractivity contribution is -0.120. The molecule has 0 aromatic heterocycles. The fraction of sp³-hybridized carbons (Fsp3) is 0.588. The number of rotatable bonds is 5. The Kier molecular flexibility index (Phi) is 5.61. The molecule has 1 atom stereocenters. The summed E-state index contributed by atoms with van der Waals surface area (Å²) in [6.45, 7) is 2.66. The zero-order valence-corrected chi connectivity index (χ0v) is 15.3. The number of carbonyl (C=O) groups is 1. The maximum absolute atomic E-state index is 12.7. The van der Waals surface area contributed by atoms with E-state index in [1.54, 1.807) is 6.07 Å². The van der Waals surface area contributed by atoms with Crippen LogP contribution in [0.3, 0.4) is 0 Å². The topological polar surface area (TPSA) is 87.7 Å². The molecule has 1 aromatic rings. The molecule has 0 bridgehead atoms. The quantitative estimate of drug-likeness (QED) is 0.822. The lowest BCUT2D eigenvalue weighted by Gasteiger charge is -2.23. The second kappa shape index (κ2) is 7.72. The van der Waals surface area contributed by atoms with Gasteiger partial charge >= 0.3 is 0 Å². The minimum atomic E-state index is -3.53. The number of sulfonamides is 1. The molecule has 3 rings (SSSR count). The number of carbonyl (C=O) groups excluding carboxylic acids is 1. The van der Waals surface area contributed by atoms with E-state index < -0.39 is 10.0 Å². The predicted octanol–water partition coefficient (Wildman–Crippen LogP) is 1.42. The highest BCUT2D eigenvalue weighted by atomic mass is 32.2. The second-order valence-electron chi connectivity index (χ2n) is 6.51. The van der Waals surface area contributed by atoms with Gasteiger partial charge in [0.05, 0.1) is 23.6 Å². The Bertz CT molecular complexity index is 723. The van der Waals surface area contributed by atoms with E-state index in [1.807, 2.05) is 0 Å². The van der Waals surface area contributed by atoms with Crippen LogP contribution < -0.4 is 15.4 Å². The van der Waals surface area contributed by atoms with Crippen LogP contribution >= 0.6 is 0 Å². The van der Waals surface area contributed by atoms with E-state index >= 15 is 0 Å². The van der Waals surface area contributed by atoms with Crippen LogP contribution in [0.5, 0.6) is 5.75 Å². The Balaban J connectivity index is 1.83. The van der Waals surface area contributed by atoms with Crippen LogP contribution in [-0.4, -0.2) is 51.9 Å². The van der Waals surface area contributed by atoms with Crippen molar-refractivity contribution in [3.8, 4) is 5.75 Å². The first-order chi connectivity index (χ1) is 12.0. The molecule has 1 unspecified atom stereocenters. The van der Waals surface area contributed by atoms with Gasteiger partial charge in [0.15, 0.2) is 0 Å². The van der Waals surface area contributed by atoms with Crippen molar-refractivity contribution in [1.29, 1.82) is 0 Å². The van der Waals surface area contributed by atoms with E-state index in [9.17, 15) is 13.2 Å². The molecule has 0 aliphatic carbocycles. The summed E-state index contributed by atoms with van der Waals surface area (Å²) in [5.41, 5.74) is 0.401. The minimum Gasteiger partial charge on any atom is -0.495 e. The highest BCUT2D eigenvalue weighted by molar-refractivity contribution is 7.89. The molecule has 2 heterocycles. The van der Waals surface area contributed by atoms with E-state index in [0.29, 0.717) is 31.1 Å². The molecule has 2 N–H and O–H groups in total. The number of hydrogen-bond acceptors (Lipinski definition) is 5. The third-order valence-corrected chi connectivity index (χ3v) is 6.69. The summed E-state index contributed by atoms with van der Waals surface area (Å²) in [5.74, 6) is 0.232. The number of amides is 1. The van der Waals surface area contributed by atoms with Crippen LogP contribution in [0.4, 0.5) is 5.69 Å². The van der Waals surface area contributed by atoms with Gasteiger partial charge in [-0.05, 0) is 50.4 Å². The number of hydrogen-bond donors (Lipinski definition) is 2. The first-order valence-electron chi connectivity index (χ1n) is 8.72. The summed E-state index contributed by atoms with van der Waals surface area (Å²) < 4.78 is 32.3. The molecule has 2 fully saturated rings. The summed E-state index contributed by atoms with van der Waals surface area (Å²) in [7, 11) is -2.03. The van der Waals surface area contributed by atoms with Gasteiger partial charge in [0.25, 0.3) is 0 Å². The Morgan fingerprint density at radius 3 is 2.68 bits per heavy atom. The molecule has 138 valence electrons. The summed E-state index contributed by atoms with van der Waals surface area (Å²) >= 11 is 0. The van der Waals surface area contributed by atoms with Gasteiger partial charge in [-0.15, -0.1) is 0 Å². The molecule has 7 nitrogen and oxygen atoms in total. The Morgan fingerprint density at radius 1 is 1.28 bits per heavy atom. The molecule has 0 radical (unpaired) electrons. The first-order valence-corrected chi connectivity index (χ1v) is 10.2. The standard InChI is InChI=1S/C17H25N3O4S/c1-24-16-7-6-14(25(22,23)20-9-2-3-10-20)11-15(16)19-17(21)13-5-4-8-18-12-13/h6-7,11,13,18H,2-5,8-10,12H2,1H3,(H,19,21). The SMILES string of the molecule is COc1ccc(S(=O)(=O)N2CCCC2)cc1NC(=O)C1CCCNC1. The van der Waals surface area contributed by atoms with Crippen LogP contribution in [0.15, 0.2) is 23.1 Å². The van der Waals surface area contributed by atoms with Gasteiger partial charge in [-0.2, -0.15) is 4.31 Å². The molecule has 25 heavy (non-hydrogen) atoms. The van der Waals surface area contributed by atoms with E-state index in [-0.39, 0.29) is 16.7 Å². The molecular formula is C17H25N3O4S. The van der Waals surface area contributed by atoms with Gasteiger partial charge in [-0.1, -0.05) is 0 Å². The molecule has 1 aromatic carbocycles. The van der Waals surface area contributed by atoms with Crippen LogP contribution in [0, 0.1) is 5.92 Å². The highest BCUT2D eigenvalue weighted by Crippen LogP contribution is 2.30. The van der Waals surface area contributed by atoms with Crippen LogP contribution in [-0.2, 0) is 14.8 Å². The fourth-order valence-corrected chi connectivity index (χ4v) is 4.88. The molecule has 2 saturated heterocycles. The summed E-state index contributed by atoms with van der Waals surface area (Å²) in [6, 6.07) is 4.63. The number of piperidine rings is 1. The Labute approximate surface area is 148 Å². The van der Waals surface area contributed by atoms with Crippen molar-refractivity contribution < 1.29 is 17.9 Å². The van der Waals surface area contributed by atoms with Crippen molar-refractivity contribution >= 4 is 21.6 Å². The van der Waals surface area contributed by atoms with Crippen molar-refractivity contribution in [1.82, 2.24) is 9.62 Å². The lowest BCUT2D eigenvalue weighted by Crippen LogP contribution is -2.37. The first kappa shape index (κ1) is 18.2. The van der Waals surface area contributed by atoms with Gasteiger partial charge in [0.2, 0.25) is 15.9 Å². The number of nitrogens with zero attached hydrogens (tertiary/aromatic N) is 1. The van der Waals surface area contributed by atoms with Crippen molar-refractivity contribution in [2.45, 2.75) is 30.6 Å². The largest absolute Gasteiger partial charge is 0.495 e. The molecule has 8 heteroatoms. The number of nitrogens with one attached hydrogen (secondary N) is 2. The van der Waals surface area contributed by atoms with E-state index in [2.05, 4.69) is 10.6 Å². The van der Waals surface area contributed by atoms with Crippen LogP contribution in [0.2, 0.25) is 0 Å². The normalized spacial score (nSPS) is 21.9. The smallest absolute Gasteiger partial charge is 0.243 e. The van der Waals surface area contributed by atoms with Crippen molar-refractivity contribution in [3.63, 3.8) is 0 Å². The van der Waals surface area contributed by atoms with Crippen molar-refractivity contribution in [3.05, 3.63) is 18.2 Å². The summed E-state index contributed by atoms with van der Waals surface area (Å²) in [6.07, 6.45) is 3.55. The van der Waals surface area contributed by atoms with E-state index in [0.717, 1.165) is 32.2 Å². The monoisotopic (exact) mass is 367 g/mol. The number of benzene rings is 1. The number of anilines is 1.